The molecule has 0 saturated carbocycles. The number of phenolic OH excluding ortho intramolecular Hbond substituents is 1. The van der Waals surface area contributed by atoms with E-state index in [1.54, 1.807) is 19.1 Å². The first kappa shape index (κ1) is 38.3. The molecule has 1 aromatic carbocycles. The predicted molar refractivity (Wildman–Crippen MR) is 191 cm³/mol. The lowest BCUT2D eigenvalue weighted by Crippen LogP contribution is -2.63. The first-order valence-electron chi connectivity index (χ1n) is 16.1. The molecule has 0 spiro atoms. The van der Waals surface area contributed by atoms with Gasteiger partial charge in [0.05, 0.1) is 48.1 Å². The molecule has 3 aliphatic heterocycles. The first-order chi connectivity index (χ1) is 24.1. The molecule has 51 heavy (non-hydrogen) atoms. The number of aryl methyl sites for hydroxylation is 1. The lowest BCUT2D eigenvalue weighted by atomic mass is 9.89. The SMILES string of the molecule is Cc1ccc(C(=O)NCC[N+]2(CC3=C(C(=O)O)N4C(=O)[C@@H](CC(=O)/C(=N\O[C@@H](C)C(=O)O)c5nc(N)sc5Cl)[C@H]4SC3)CCCCC2)c(Cl)c1O. The molecule has 274 valence electrons. The van der Waals surface area contributed by atoms with Crippen molar-refractivity contribution in [3.05, 3.63) is 49.6 Å². The fourth-order valence-electron chi connectivity index (χ4n) is 6.49. The van der Waals surface area contributed by atoms with Gasteiger partial charge in [0.15, 0.2) is 16.6 Å². The number of carboxylic acid groups (broad SMARTS) is 2. The Morgan fingerprint density at radius 2 is 1.90 bits per heavy atom. The van der Waals surface area contributed by atoms with Crippen molar-refractivity contribution >= 4 is 86.7 Å². The van der Waals surface area contributed by atoms with E-state index in [1.807, 2.05) is 0 Å². The Labute approximate surface area is 311 Å². The third-order valence-corrected chi connectivity index (χ3v) is 12.1. The maximum Gasteiger partial charge on any atom is 0.352 e. The molecule has 0 aliphatic carbocycles. The summed E-state index contributed by atoms with van der Waals surface area (Å²) in [5, 5.41) is 35.7. The molecule has 0 radical (unpaired) electrons. The van der Waals surface area contributed by atoms with Crippen molar-refractivity contribution in [2.24, 2.45) is 11.1 Å². The number of amides is 2. The number of oxime groups is 1. The van der Waals surface area contributed by atoms with Crippen molar-refractivity contribution in [3.8, 4) is 5.75 Å². The summed E-state index contributed by atoms with van der Waals surface area (Å²) in [5.74, 6) is -5.00. The van der Waals surface area contributed by atoms with E-state index in [9.17, 15) is 39.3 Å². The van der Waals surface area contributed by atoms with E-state index in [0.29, 0.717) is 34.5 Å². The number of nitrogens with zero attached hydrogens (tertiary/aromatic N) is 4. The maximum atomic E-state index is 13.6. The number of anilines is 1. The Hall–Kier alpha value is -3.90. The van der Waals surface area contributed by atoms with E-state index < -0.39 is 52.6 Å². The minimum Gasteiger partial charge on any atom is -0.506 e. The van der Waals surface area contributed by atoms with Crippen LogP contribution in [0.4, 0.5) is 5.13 Å². The number of carbonyl (C=O) groups is 5. The van der Waals surface area contributed by atoms with E-state index in [0.717, 1.165) is 43.7 Å². The molecular formula is C32H37Cl2N6O9S2+. The third kappa shape index (κ3) is 8.12. The second-order valence-corrected chi connectivity index (χ2v) is 15.8. The Balaban J connectivity index is 1.31. The quantitative estimate of drug-likeness (QED) is 0.0804. The van der Waals surface area contributed by atoms with Gasteiger partial charge in [-0.15, -0.1) is 11.8 Å². The predicted octanol–water partition coefficient (Wildman–Crippen LogP) is 3.50. The number of fused-ring (bicyclic) bond motifs is 1. The number of nitrogens with one attached hydrogen (secondary N) is 1. The van der Waals surface area contributed by atoms with Crippen LogP contribution in [-0.2, 0) is 24.0 Å². The summed E-state index contributed by atoms with van der Waals surface area (Å²) in [4.78, 5) is 74.3. The minimum absolute atomic E-state index is 0.0214. The number of likely N-dealkylation sites (tertiary alicyclic amines) is 1. The smallest absolute Gasteiger partial charge is 0.352 e. The Bertz CT molecular complexity index is 1830. The lowest BCUT2D eigenvalue weighted by Gasteiger charge is -2.50. The Morgan fingerprint density at radius 3 is 2.53 bits per heavy atom. The molecule has 15 nitrogen and oxygen atoms in total. The molecule has 5 rings (SSSR count). The number of hydrogen-bond acceptors (Lipinski definition) is 12. The summed E-state index contributed by atoms with van der Waals surface area (Å²) < 4.78 is 0.536. The van der Waals surface area contributed by atoms with Crippen molar-refractivity contribution in [2.45, 2.75) is 51.0 Å². The average molecular weight is 785 g/mol. The van der Waals surface area contributed by atoms with Gasteiger partial charge in [0.25, 0.3) is 5.91 Å². The number of aromatic nitrogens is 1. The summed E-state index contributed by atoms with van der Waals surface area (Å²) in [6, 6.07) is 3.16. The lowest BCUT2D eigenvalue weighted by molar-refractivity contribution is -0.927. The molecule has 0 unspecified atom stereocenters. The summed E-state index contributed by atoms with van der Waals surface area (Å²) in [7, 11) is 0. The highest BCUT2D eigenvalue weighted by Crippen LogP contribution is 2.46. The van der Waals surface area contributed by atoms with Crippen molar-refractivity contribution in [1.29, 1.82) is 0 Å². The van der Waals surface area contributed by atoms with Gasteiger partial charge in [0.1, 0.15) is 28.0 Å². The standard InChI is InChI=1S/C32H36Cl2N6O9S2/c1-15-6-7-18(21(33)25(15)42)27(43)36-8-11-40(9-4-3-5-10-40)13-17-14-50-29-19(28(44)39(29)24(17)31(47)48)12-20(41)22(38-49-16(2)30(45)46)23-26(34)51-32(35)37-23/h6-7,16,19,29H,3-5,8-14H2,1-2H3,(H5-,35,36,37,42,43,45,46,47,48)/p+1/b38-22+/t16-,19+,29+/m0/s1. The van der Waals surface area contributed by atoms with Gasteiger partial charge in [0.2, 0.25) is 12.0 Å². The molecule has 19 heteroatoms. The number of piperidine rings is 1. The van der Waals surface area contributed by atoms with Crippen LogP contribution in [0.25, 0.3) is 0 Å². The van der Waals surface area contributed by atoms with Gasteiger partial charge in [-0.1, -0.05) is 45.8 Å². The number of nitrogen functional groups attached to an aromatic ring is 1. The number of Topliss-reactive ketones (excluding diaryl/α,β-unsaturated/α-hetero) is 1. The number of ketones is 1. The summed E-state index contributed by atoms with van der Waals surface area (Å²) in [6.45, 7) is 5.54. The third-order valence-electron chi connectivity index (χ3n) is 9.23. The van der Waals surface area contributed by atoms with Gasteiger partial charge in [-0.3, -0.25) is 19.3 Å². The van der Waals surface area contributed by atoms with Crippen molar-refractivity contribution in [3.63, 3.8) is 0 Å². The number of halogens is 2. The van der Waals surface area contributed by atoms with Crippen molar-refractivity contribution < 1.29 is 48.6 Å². The molecule has 1 aromatic heterocycles. The van der Waals surface area contributed by atoms with Crippen LogP contribution in [0.15, 0.2) is 28.6 Å². The molecule has 3 atom stereocenters. The second-order valence-electron chi connectivity index (χ2n) is 12.7. The summed E-state index contributed by atoms with van der Waals surface area (Å²) >= 11 is 14.7. The van der Waals surface area contributed by atoms with Crippen LogP contribution >= 0.6 is 46.3 Å². The molecule has 0 bridgehead atoms. The molecule has 2 saturated heterocycles. The largest absolute Gasteiger partial charge is 0.506 e. The normalized spacial score (nSPS) is 20.7. The van der Waals surface area contributed by atoms with E-state index in [4.69, 9.17) is 33.8 Å². The van der Waals surface area contributed by atoms with E-state index in [1.165, 1.54) is 23.6 Å². The number of thioether (sulfide) groups is 1. The fraction of sp³-hybridized carbons (Fsp3) is 0.469. The van der Waals surface area contributed by atoms with E-state index >= 15 is 0 Å². The highest BCUT2D eigenvalue weighted by Gasteiger charge is 2.55. The highest BCUT2D eigenvalue weighted by atomic mass is 35.5. The van der Waals surface area contributed by atoms with Crippen LogP contribution in [0.5, 0.6) is 5.75 Å². The monoisotopic (exact) mass is 783 g/mol. The van der Waals surface area contributed by atoms with Crippen LogP contribution in [0.1, 0.15) is 54.2 Å². The number of benzene rings is 1. The number of thiazole rings is 1. The zero-order valence-corrected chi connectivity index (χ0v) is 30.8. The molecule has 6 N–H and O–H groups in total. The van der Waals surface area contributed by atoms with Crippen LogP contribution < -0.4 is 11.1 Å². The van der Waals surface area contributed by atoms with Crippen LogP contribution in [0.2, 0.25) is 9.36 Å². The Morgan fingerprint density at radius 1 is 1.20 bits per heavy atom. The summed E-state index contributed by atoms with van der Waals surface area (Å²) in [6.07, 6.45) is 1.07. The maximum absolute atomic E-state index is 13.6. The van der Waals surface area contributed by atoms with Crippen molar-refractivity contribution in [2.75, 3.05) is 44.2 Å². The van der Waals surface area contributed by atoms with Crippen molar-refractivity contribution in [1.82, 2.24) is 15.2 Å². The van der Waals surface area contributed by atoms with Gasteiger partial charge < -0.3 is 35.7 Å². The van der Waals surface area contributed by atoms with E-state index in [2.05, 4.69) is 15.5 Å². The molecule has 3 aliphatic rings. The van der Waals surface area contributed by atoms with Gasteiger partial charge in [0, 0.05) is 17.7 Å². The number of aliphatic carboxylic acids is 2. The zero-order chi connectivity index (χ0) is 37.2. The number of quaternary nitrogens is 1. The fourth-order valence-corrected chi connectivity index (χ4v) is 9.12. The van der Waals surface area contributed by atoms with Gasteiger partial charge >= 0.3 is 11.9 Å². The van der Waals surface area contributed by atoms with Crippen LogP contribution in [-0.4, -0.2) is 115 Å². The summed E-state index contributed by atoms with van der Waals surface area (Å²) in [5.41, 5.74) is 6.42. The molecule has 4 heterocycles. The molecule has 2 amide bonds. The highest BCUT2D eigenvalue weighted by molar-refractivity contribution is 8.00. The van der Waals surface area contributed by atoms with Crippen LogP contribution in [0, 0.1) is 12.8 Å². The molecule has 2 aromatic rings. The second kappa shape index (κ2) is 15.8. The number of phenols is 1. The first-order valence-corrected chi connectivity index (χ1v) is 18.7. The minimum atomic E-state index is -1.40. The number of rotatable bonds is 14. The van der Waals surface area contributed by atoms with Crippen LogP contribution in [0.3, 0.4) is 0 Å². The van der Waals surface area contributed by atoms with E-state index in [-0.39, 0.29) is 50.2 Å². The average Bonchev–Trinajstić information content (AvgIpc) is 3.42. The number of carboxylic acids is 2. The number of β-lactam (4-membered cyclic amide) rings is 1. The van der Waals surface area contributed by atoms with Gasteiger partial charge in [-0.25, -0.2) is 14.6 Å². The molecule has 2 fully saturated rings. The topological polar surface area (TPSA) is 222 Å². The number of aromatic hydroxyl groups is 1. The Kier molecular flexibility index (Phi) is 11.9. The number of carbonyl (C=O) groups excluding carboxylic acids is 3. The number of hydrogen-bond donors (Lipinski definition) is 5. The van der Waals surface area contributed by atoms with Gasteiger partial charge in [-0.05, 0) is 44.7 Å². The zero-order valence-electron chi connectivity index (χ0n) is 27.7. The number of nitrogens with two attached hydrogens (primary N) is 1. The molecular weight excluding hydrogens is 747 g/mol. The van der Waals surface area contributed by atoms with Gasteiger partial charge in [-0.2, -0.15) is 0 Å².